The second kappa shape index (κ2) is 5.00. The summed E-state index contributed by atoms with van der Waals surface area (Å²) < 4.78 is 0. The summed E-state index contributed by atoms with van der Waals surface area (Å²) in [6.45, 7) is 5.37. The maximum Gasteiger partial charge on any atom is 0.246 e. The van der Waals surface area contributed by atoms with Crippen molar-refractivity contribution in [1.82, 2.24) is 5.32 Å². The Morgan fingerprint density at radius 3 is 2.57 bits per heavy atom. The van der Waals surface area contributed by atoms with Gasteiger partial charge in [0.25, 0.3) is 0 Å². The van der Waals surface area contributed by atoms with Crippen LogP contribution in [0.15, 0.2) is 4.99 Å². The summed E-state index contributed by atoms with van der Waals surface area (Å²) in [4.78, 5) is 26.4. The molecule has 0 aromatic heterocycles. The molecule has 1 atom stereocenters. The average Bonchev–Trinajstić information content (AvgIpc) is 2.21. The number of hydrogen-bond donors (Lipinski definition) is 1. The Morgan fingerprint density at radius 2 is 2.00 bits per heavy atom. The Labute approximate surface area is 83.8 Å². The fraction of sp³-hybridized carbons (Fsp3) is 0.700. The molecule has 0 aliphatic heterocycles. The van der Waals surface area contributed by atoms with Crippen LogP contribution in [0, 0.1) is 0 Å². The van der Waals surface area contributed by atoms with Gasteiger partial charge in [-0.25, -0.2) is 0 Å². The van der Waals surface area contributed by atoms with Gasteiger partial charge in [0.05, 0.1) is 0 Å². The molecule has 0 bridgehead atoms. The van der Waals surface area contributed by atoms with E-state index in [1.165, 1.54) is 0 Å². The van der Waals surface area contributed by atoms with Crippen LogP contribution in [0.4, 0.5) is 0 Å². The maximum absolute atomic E-state index is 11.1. The normalized spacial score (nSPS) is 24.1. The number of nitrogens with one attached hydrogen (secondary N) is 1. The van der Waals surface area contributed by atoms with E-state index in [0.717, 1.165) is 19.4 Å². The summed E-state index contributed by atoms with van der Waals surface area (Å²) in [5, 5.41) is 3.01. The number of Topliss-reactive ketones (excluding diaryl/α,β-unsaturated/α-hetero) is 2. The second-order valence-corrected chi connectivity index (χ2v) is 3.35. The number of aliphatic imine (C=N–C) groups is 1. The van der Waals surface area contributed by atoms with Crippen molar-refractivity contribution >= 4 is 17.3 Å². The summed E-state index contributed by atoms with van der Waals surface area (Å²) >= 11 is 0. The van der Waals surface area contributed by atoms with Crippen molar-refractivity contribution in [2.24, 2.45) is 4.99 Å². The zero-order chi connectivity index (χ0) is 10.6. The highest BCUT2D eigenvalue weighted by Gasteiger charge is 2.44. The van der Waals surface area contributed by atoms with Gasteiger partial charge >= 0.3 is 0 Å². The molecule has 1 saturated carbocycles. The molecule has 4 heteroatoms. The number of carbonyl (C=O) groups excluding carboxylic acids is 2. The lowest BCUT2D eigenvalue weighted by molar-refractivity contribution is -0.136. The SMILES string of the molecule is CCCN=C1C(=O)C(=O)[C@H]1NCCC. The van der Waals surface area contributed by atoms with E-state index >= 15 is 0 Å². The molecule has 14 heavy (non-hydrogen) atoms. The van der Waals surface area contributed by atoms with Gasteiger partial charge < -0.3 is 5.32 Å². The molecule has 0 saturated heterocycles. The number of carbonyl (C=O) groups is 2. The topological polar surface area (TPSA) is 58.5 Å². The van der Waals surface area contributed by atoms with E-state index in [1.54, 1.807) is 0 Å². The van der Waals surface area contributed by atoms with E-state index in [1.807, 2.05) is 13.8 Å². The Bertz CT molecular complexity index is 271. The van der Waals surface area contributed by atoms with Crippen LogP contribution in [0.25, 0.3) is 0 Å². The van der Waals surface area contributed by atoms with Gasteiger partial charge in [-0.2, -0.15) is 0 Å². The predicted octanol–water partition coefficient (Wildman–Crippen LogP) is 0.357. The van der Waals surface area contributed by atoms with Crippen molar-refractivity contribution in [1.29, 1.82) is 0 Å². The first-order chi connectivity index (χ1) is 6.72. The Morgan fingerprint density at radius 1 is 1.29 bits per heavy atom. The molecule has 1 aliphatic rings. The molecule has 1 aliphatic carbocycles. The van der Waals surface area contributed by atoms with Crippen molar-refractivity contribution in [2.75, 3.05) is 13.1 Å². The summed E-state index contributed by atoms with van der Waals surface area (Å²) in [6, 6.07) is -0.422. The van der Waals surface area contributed by atoms with Gasteiger partial charge in [0.15, 0.2) is 0 Å². The molecular weight excluding hydrogens is 180 g/mol. The van der Waals surface area contributed by atoms with Crippen molar-refractivity contribution in [3.05, 3.63) is 0 Å². The molecule has 1 rings (SSSR count). The minimum Gasteiger partial charge on any atom is -0.302 e. The first-order valence-electron chi connectivity index (χ1n) is 5.08. The molecule has 0 aromatic carbocycles. The molecule has 0 amide bonds. The molecule has 0 spiro atoms. The van der Waals surface area contributed by atoms with Gasteiger partial charge in [-0.1, -0.05) is 13.8 Å². The third kappa shape index (κ3) is 2.07. The zero-order valence-corrected chi connectivity index (χ0v) is 8.67. The van der Waals surface area contributed by atoms with Crippen molar-refractivity contribution in [3.63, 3.8) is 0 Å². The minimum absolute atomic E-state index is 0.340. The average molecular weight is 196 g/mol. The lowest BCUT2D eigenvalue weighted by atomic mass is 9.86. The largest absolute Gasteiger partial charge is 0.302 e. The molecular formula is C10H16N2O2. The van der Waals surface area contributed by atoms with E-state index in [9.17, 15) is 9.59 Å². The van der Waals surface area contributed by atoms with Crippen LogP contribution in [0.2, 0.25) is 0 Å². The summed E-state index contributed by atoms with van der Waals surface area (Å²) in [5.74, 6) is -0.750. The lowest BCUT2D eigenvalue weighted by Gasteiger charge is -2.25. The quantitative estimate of drug-likeness (QED) is 0.646. The molecule has 0 heterocycles. The number of rotatable bonds is 5. The molecule has 1 fully saturated rings. The van der Waals surface area contributed by atoms with Crippen LogP contribution < -0.4 is 5.32 Å². The highest BCUT2D eigenvalue weighted by atomic mass is 16.2. The number of hydrogen-bond acceptors (Lipinski definition) is 4. The predicted molar refractivity (Wildman–Crippen MR) is 54.7 cm³/mol. The van der Waals surface area contributed by atoms with E-state index in [2.05, 4.69) is 10.3 Å². The fourth-order valence-electron chi connectivity index (χ4n) is 1.31. The summed E-state index contributed by atoms with van der Waals surface area (Å²) in [5.41, 5.74) is 0.422. The first kappa shape index (κ1) is 11.0. The Kier molecular flexibility index (Phi) is 3.95. The molecule has 1 N–H and O–H groups in total. The van der Waals surface area contributed by atoms with Gasteiger partial charge in [0, 0.05) is 6.54 Å². The second-order valence-electron chi connectivity index (χ2n) is 3.35. The van der Waals surface area contributed by atoms with Gasteiger partial charge in [-0.05, 0) is 19.4 Å². The van der Waals surface area contributed by atoms with Crippen LogP contribution in [-0.4, -0.2) is 36.4 Å². The molecule has 0 unspecified atom stereocenters. The smallest absolute Gasteiger partial charge is 0.246 e. The molecule has 78 valence electrons. The molecule has 0 aromatic rings. The van der Waals surface area contributed by atoms with Gasteiger partial charge in [-0.15, -0.1) is 0 Å². The Balaban J connectivity index is 2.55. The third-order valence-electron chi connectivity index (χ3n) is 2.10. The van der Waals surface area contributed by atoms with Gasteiger partial charge in [0.1, 0.15) is 11.8 Å². The third-order valence-corrected chi connectivity index (χ3v) is 2.10. The zero-order valence-electron chi connectivity index (χ0n) is 8.67. The fourth-order valence-corrected chi connectivity index (χ4v) is 1.31. The summed E-state index contributed by atoms with van der Waals surface area (Å²) in [7, 11) is 0. The number of nitrogens with zero attached hydrogens (tertiary/aromatic N) is 1. The van der Waals surface area contributed by atoms with E-state index in [4.69, 9.17) is 0 Å². The lowest BCUT2D eigenvalue weighted by Crippen LogP contribution is -2.61. The maximum atomic E-state index is 11.1. The van der Waals surface area contributed by atoms with Crippen molar-refractivity contribution in [3.8, 4) is 0 Å². The first-order valence-corrected chi connectivity index (χ1v) is 5.08. The monoisotopic (exact) mass is 196 g/mol. The van der Waals surface area contributed by atoms with Crippen LogP contribution in [0.1, 0.15) is 26.7 Å². The van der Waals surface area contributed by atoms with Gasteiger partial charge in [0.2, 0.25) is 11.6 Å². The van der Waals surface area contributed by atoms with Crippen LogP contribution in [0.5, 0.6) is 0 Å². The highest BCUT2D eigenvalue weighted by Crippen LogP contribution is 2.08. The summed E-state index contributed by atoms with van der Waals surface area (Å²) in [6.07, 6.45) is 1.84. The molecule has 0 radical (unpaired) electrons. The van der Waals surface area contributed by atoms with Crippen LogP contribution >= 0.6 is 0 Å². The standard InChI is InChI=1S/C10H16N2O2/c1-3-5-11-7-8(12-6-4-2)10(14)9(7)13/h7,11H,3-6H2,1-2H3/t7-/m0/s1. The van der Waals surface area contributed by atoms with Crippen molar-refractivity contribution in [2.45, 2.75) is 32.7 Å². The van der Waals surface area contributed by atoms with Crippen molar-refractivity contribution < 1.29 is 9.59 Å². The van der Waals surface area contributed by atoms with E-state index in [-0.39, 0.29) is 5.78 Å². The number of ketones is 2. The van der Waals surface area contributed by atoms with E-state index in [0.29, 0.717) is 12.3 Å². The highest BCUT2D eigenvalue weighted by molar-refractivity contribution is 6.80. The van der Waals surface area contributed by atoms with Crippen LogP contribution in [-0.2, 0) is 9.59 Å². The molecule has 4 nitrogen and oxygen atoms in total. The minimum atomic E-state index is -0.422. The van der Waals surface area contributed by atoms with Crippen LogP contribution in [0.3, 0.4) is 0 Å². The van der Waals surface area contributed by atoms with Gasteiger partial charge in [-0.3, -0.25) is 14.6 Å². The Hall–Kier alpha value is -1.03. The van der Waals surface area contributed by atoms with E-state index < -0.39 is 11.8 Å².